The predicted molar refractivity (Wildman–Crippen MR) is 80.1 cm³/mol. The van der Waals surface area contributed by atoms with Gasteiger partial charge in [-0.3, -0.25) is 0 Å². The number of allylic oxidation sites excluding steroid dienone is 1. The van der Waals surface area contributed by atoms with Crippen LogP contribution in [-0.2, 0) is 6.54 Å². The summed E-state index contributed by atoms with van der Waals surface area (Å²) in [6.07, 6.45) is 2.04. The van der Waals surface area contributed by atoms with E-state index in [-0.39, 0.29) is 0 Å². The van der Waals surface area contributed by atoms with Crippen LogP contribution in [0.1, 0.15) is 32.3 Å². The molecule has 0 aliphatic carbocycles. The summed E-state index contributed by atoms with van der Waals surface area (Å²) in [7, 11) is 1.70. The zero-order chi connectivity index (χ0) is 14.3. The number of hydrogen-bond donors (Lipinski definition) is 1. The number of benzene rings is 1. The highest BCUT2D eigenvalue weighted by atomic mass is 35.5. The summed E-state index contributed by atoms with van der Waals surface area (Å²) in [6, 6.07) is 6.17. The Morgan fingerprint density at radius 1 is 1.45 bits per heavy atom. The SMILES string of the molecule is CCCC1=NC(C)=C2N(Cl)Cc3ccc(OC)cc3[NH+]12. The molecule has 3 rings (SSSR count). The van der Waals surface area contributed by atoms with Crippen LogP contribution in [0.4, 0.5) is 5.69 Å². The topological polar surface area (TPSA) is 29.3 Å². The largest absolute Gasteiger partial charge is 0.497 e. The van der Waals surface area contributed by atoms with E-state index in [1.807, 2.05) is 13.0 Å². The molecule has 20 heavy (non-hydrogen) atoms. The lowest BCUT2D eigenvalue weighted by molar-refractivity contribution is -0.698. The first-order valence-electron chi connectivity index (χ1n) is 6.92. The number of nitrogens with one attached hydrogen (secondary N) is 1. The first kappa shape index (κ1) is 13.5. The van der Waals surface area contributed by atoms with E-state index in [2.05, 4.69) is 19.1 Å². The van der Waals surface area contributed by atoms with Gasteiger partial charge in [-0.1, -0.05) is 6.92 Å². The minimum absolute atomic E-state index is 0.700. The summed E-state index contributed by atoms with van der Waals surface area (Å²) < 4.78 is 7.15. The average Bonchev–Trinajstić information content (AvgIpc) is 2.77. The Bertz CT molecular complexity index is 609. The van der Waals surface area contributed by atoms with Crippen molar-refractivity contribution in [2.75, 3.05) is 7.11 Å². The van der Waals surface area contributed by atoms with Crippen LogP contribution >= 0.6 is 11.8 Å². The molecule has 0 bridgehead atoms. The molecule has 4 nitrogen and oxygen atoms in total. The molecule has 0 fully saturated rings. The molecular formula is C15H19ClN3O+. The summed E-state index contributed by atoms with van der Waals surface area (Å²) in [6.45, 7) is 4.90. The van der Waals surface area contributed by atoms with E-state index in [4.69, 9.17) is 21.5 Å². The van der Waals surface area contributed by atoms with Gasteiger partial charge in [-0.05, 0) is 25.5 Å². The van der Waals surface area contributed by atoms with Crippen molar-refractivity contribution in [3.63, 3.8) is 0 Å². The molecule has 2 aliphatic heterocycles. The summed E-state index contributed by atoms with van der Waals surface area (Å²) in [5.74, 6) is 3.06. The fourth-order valence-electron chi connectivity index (χ4n) is 2.91. The Labute approximate surface area is 124 Å². The Hall–Kier alpha value is -1.52. The van der Waals surface area contributed by atoms with E-state index in [1.165, 1.54) is 16.2 Å². The number of rotatable bonds is 3. The maximum absolute atomic E-state index is 6.43. The van der Waals surface area contributed by atoms with Crippen molar-refractivity contribution in [3.05, 3.63) is 35.3 Å². The second-order valence-corrected chi connectivity index (χ2v) is 5.57. The molecule has 1 aromatic rings. The molecule has 0 saturated heterocycles. The van der Waals surface area contributed by atoms with Crippen molar-refractivity contribution < 1.29 is 9.64 Å². The molecule has 106 valence electrons. The van der Waals surface area contributed by atoms with Gasteiger partial charge >= 0.3 is 0 Å². The molecule has 0 aromatic heterocycles. The maximum atomic E-state index is 6.43. The van der Waals surface area contributed by atoms with Gasteiger partial charge in [0.05, 0.1) is 13.7 Å². The Morgan fingerprint density at radius 2 is 2.25 bits per heavy atom. The predicted octanol–water partition coefficient (Wildman–Crippen LogP) is 2.58. The fourth-order valence-corrected chi connectivity index (χ4v) is 3.24. The van der Waals surface area contributed by atoms with E-state index < -0.39 is 0 Å². The van der Waals surface area contributed by atoms with Gasteiger partial charge in [0.2, 0.25) is 11.7 Å². The van der Waals surface area contributed by atoms with Crippen molar-refractivity contribution in [3.8, 4) is 5.75 Å². The van der Waals surface area contributed by atoms with Crippen molar-refractivity contribution in [2.45, 2.75) is 33.2 Å². The van der Waals surface area contributed by atoms with E-state index in [0.717, 1.165) is 35.9 Å². The van der Waals surface area contributed by atoms with E-state index >= 15 is 0 Å². The standard InChI is InChI=1S/C15H18ClN3O/c1-4-5-14-17-10(2)15-18(16)9-11-6-7-12(20-3)8-13(11)19(14)15/h6-8H,4-5,9H2,1-3H3/p+1. The number of nitrogens with zero attached hydrogens (tertiary/aromatic N) is 2. The minimum atomic E-state index is 0.700. The van der Waals surface area contributed by atoms with Gasteiger partial charge in [0.15, 0.2) is 5.69 Å². The van der Waals surface area contributed by atoms with Gasteiger partial charge in [0.25, 0.3) is 0 Å². The monoisotopic (exact) mass is 292 g/mol. The third kappa shape index (κ3) is 2.00. The Morgan fingerprint density at radius 3 is 2.95 bits per heavy atom. The summed E-state index contributed by atoms with van der Waals surface area (Å²) in [5, 5.41) is 0. The lowest BCUT2D eigenvalue weighted by Gasteiger charge is -2.30. The molecule has 0 saturated carbocycles. The molecule has 2 aliphatic rings. The van der Waals surface area contributed by atoms with Crippen LogP contribution in [0.2, 0.25) is 0 Å². The van der Waals surface area contributed by atoms with Gasteiger partial charge in [-0.25, -0.2) is 9.32 Å². The fraction of sp³-hybridized carbons (Fsp3) is 0.400. The van der Waals surface area contributed by atoms with Gasteiger partial charge in [-0.15, -0.1) is 0 Å². The molecular weight excluding hydrogens is 274 g/mol. The molecule has 1 atom stereocenters. The minimum Gasteiger partial charge on any atom is -0.497 e. The van der Waals surface area contributed by atoms with Gasteiger partial charge in [0.1, 0.15) is 11.4 Å². The molecule has 2 heterocycles. The molecule has 0 amide bonds. The Kier molecular flexibility index (Phi) is 3.44. The first-order chi connectivity index (χ1) is 9.65. The third-order valence-electron chi connectivity index (χ3n) is 3.80. The molecule has 0 spiro atoms. The van der Waals surface area contributed by atoms with Crippen LogP contribution in [0.25, 0.3) is 0 Å². The highest BCUT2D eigenvalue weighted by molar-refractivity contribution is 6.14. The van der Waals surface area contributed by atoms with Crippen LogP contribution in [-0.4, -0.2) is 17.4 Å². The van der Waals surface area contributed by atoms with E-state index in [1.54, 1.807) is 11.5 Å². The van der Waals surface area contributed by atoms with Crippen molar-refractivity contribution in [1.82, 2.24) is 4.42 Å². The summed E-state index contributed by atoms with van der Waals surface area (Å²) >= 11 is 6.43. The van der Waals surface area contributed by atoms with Crippen molar-refractivity contribution in [2.24, 2.45) is 4.99 Å². The lowest BCUT2D eigenvalue weighted by atomic mass is 10.1. The zero-order valence-electron chi connectivity index (χ0n) is 12.0. The highest BCUT2D eigenvalue weighted by Crippen LogP contribution is 2.30. The second-order valence-electron chi connectivity index (χ2n) is 5.16. The number of aliphatic imine (C=N–C) groups is 1. The smallest absolute Gasteiger partial charge is 0.250 e. The quantitative estimate of drug-likeness (QED) is 0.868. The van der Waals surface area contributed by atoms with Crippen LogP contribution in [0.3, 0.4) is 0 Å². The van der Waals surface area contributed by atoms with Gasteiger partial charge in [0, 0.05) is 29.8 Å². The van der Waals surface area contributed by atoms with Gasteiger partial charge < -0.3 is 4.74 Å². The van der Waals surface area contributed by atoms with E-state index in [9.17, 15) is 0 Å². The van der Waals surface area contributed by atoms with Crippen LogP contribution < -0.4 is 9.64 Å². The van der Waals surface area contributed by atoms with Crippen LogP contribution in [0, 0.1) is 0 Å². The molecule has 1 unspecified atom stereocenters. The zero-order valence-corrected chi connectivity index (χ0v) is 12.8. The average molecular weight is 293 g/mol. The highest BCUT2D eigenvalue weighted by Gasteiger charge is 2.41. The normalized spacial score (nSPS) is 20.7. The lowest BCUT2D eigenvalue weighted by Crippen LogP contribution is -3.09. The number of amidine groups is 1. The number of fused-ring (bicyclic) bond motifs is 3. The summed E-state index contributed by atoms with van der Waals surface area (Å²) in [5.41, 5.74) is 3.44. The third-order valence-corrected chi connectivity index (χ3v) is 4.08. The number of quaternary nitrogens is 1. The number of hydrogen-bond acceptors (Lipinski definition) is 3. The van der Waals surface area contributed by atoms with Crippen LogP contribution in [0.5, 0.6) is 5.75 Å². The molecule has 0 radical (unpaired) electrons. The maximum Gasteiger partial charge on any atom is 0.250 e. The number of ether oxygens (including phenoxy) is 1. The van der Waals surface area contributed by atoms with E-state index in [0.29, 0.717) is 6.54 Å². The molecule has 1 N–H and O–H groups in total. The number of halogens is 1. The van der Waals surface area contributed by atoms with Crippen LogP contribution in [0.15, 0.2) is 34.7 Å². The summed E-state index contributed by atoms with van der Waals surface area (Å²) in [4.78, 5) is 5.90. The van der Waals surface area contributed by atoms with Crippen molar-refractivity contribution >= 4 is 23.3 Å². The Balaban J connectivity index is 2.12. The second kappa shape index (κ2) is 5.11. The number of methoxy groups -OCH3 is 1. The molecule has 5 heteroatoms. The molecule has 1 aromatic carbocycles. The van der Waals surface area contributed by atoms with Crippen molar-refractivity contribution in [1.29, 1.82) is 0 Å². The van der Waals surface area contributed by atoms with Gasteiger partial charge in [-0.2, -0.15) is 4.99 Å². The first-order valence-corrected chi connectivity index (χ1v) is 7.26.